The maximum absolute atomic E-state index is 6.20. The highest BCUT2D eigenvalue weighted by atomic mass is 16.5. The molecule has 0 radical (unpaired) electrons. The number of benzene rings is 2. The van der Waals surface area contributed by atoms with Gasteiger partial charge < -0.3 is 4.74 Å². The Balaban J connectivity index is 2.27. The topological polar surface area (TPSA) is 22.1 Å². The average molecular weight is 291 g/mol. The second-order valence-electron chi connectivity index (χ2n) is 6.59. The summed E-state index contributed by atoms with van der Waals surface area (Å²) in [6.45, 7) is 8.30. The summed E-state index contributed by atoms with van der Waals surface area (Å²) >= 11 is 0. The van der Waals surface area contributed by atoms with Gasteiger partial charge in [0.1, 0.15) is 11.4 Å². The molecule has 0 N–H and O–H groups in total. The summed E-state index contributed by atoms with van der Waals surface area (Å²) in [4.78, 5) is 4.47. The van der Waals surface area contributed by atoms with Crippen LogP contribution in [-0.2, 0) is 0 Å². The molecule has 0 atom stereocenters. The largest absolute Gasteiger partial charge is 0.487 e. The van der Waals surface area contributed by atoms with Gasteiger partial charge in [0, 0.05) is 17.1 Å². The molecule has 0 aliphatic heterocycles. The van der Waals surface area contributed by atoms with Gasteiger partial charge in [-0.25, -0.2) is 0 Å². The highest BCUT2D eigenvalue weighted by Crippen LogP contribution is 2.38. The molecule has 0 aliphatic rings. The number of hydrogen-bond acceptors (Lipinski definition) is 2. The molecule has 0 bridgehead atoms. The minimum absolute atomic E-state index is 0.241. The van der Waals surface area contributed by atoms with Crippen molar-refractivity contribution in [3.8, 4) is 16.9 Å². The zero-order chi connectivity index (χ0) is 15.7. The van der Waals surface area contributed by atoms with Gasteiger partial charge in [-0.2, -0.15) is 0 Å². The fourth-order valence-corrected chi connectivity index (χ4v) is 2.57. The molecule has 0 spiro atoms. The fraction of sp³-hybridized carbons (Fsp3) is 0.250. The Morgan fingerprint density at radius 1 is 0.909 bits per heavy atom. The van der Waals surface area contributed by atoms with Crippen molar-refractivity contribution in [2.75, 3.05) is 0 Å². The zero-order valence-corrected chi connectivity index (χ0v) is 13.6. The number of aromatic nitrogens is 1. The quantitative estimate of drug-likeness (QED) is 0.631. The molecule has 0 amide bonds. The SMILES string of the molecule is Cc1ccc(-c2c(OC(C)(C)C)ccc3ncccc23)cc1. The second-order valence-corrected chi connectivity index (χ2v) is 6.59. The molecule has 0 unspecified atom stereocenters. The number of nitrogens with zero attached hydrogens (tertiary/aromatic N) is 1. The van der Waals surface area contributed by atoms with Gasteiger partial charge in [0.2, 0.25) is 0 Å². The third-order valence-corrected chi connectivity index (χ3v) is 3.50. The first-order chi connectivity index (χ1) is 10.4. The Morgan fingerprint density at radius 2 is 1.64 bits per heavy atom. The van der Waals surface area contributed by atoms with Crippen molar-refractivity contribution in [1.29, 1.82) is 0 Å². The normalized spacial score (nSPS) is 11.6. The Kier molecular flexibility index (Phi) is 3.61. The predicted octanol–water partition coefficient (Wildman–Crippen LogP) is 5.39. The van der Waals surface area contributed by atoms with Crippen molar-refractivity contribution in [2.24, 2.45) is 0 Å². The summed E-state index contributed by atoms with van der Waals surface area (Å²) in [6, 6.07) is 16.7. The maximum atomic E-state index is 6.20. The molecule has 112 valence electrons. The first-order valence-electron chi connectivity index (χ1n) is 7.58. The van der Waals surface area contributed by atoms with E-state index in [9.17, 15) is 0 Å². The fourth-order valence-electron chi connectivity index (χ4n) is 2.57. The van der Waals surface area contributed by atoms with Gasteiger partial charge in [0.25, 0.3) is 0 Å². The van der Waals surface area contributed by atoms with E-state index in [1.54, 1.807) is 0 Å². The van der Waals surface area contributed by atoms with Gasteiger partial charge in [-0.3, -0.25) is 4.98 Å². The number of hydrogen-bond donors (Lipinski definition) is 0. The number of fused-ring (bicyclic) bond motifs is 1. The Labute approximate surface area is 131 Å². The van der Waals surface area contributed by atoms with Crippen LogP contribution in [-0.4, -0.2) is 10.6 Å². The van der Waals surface area contributed by atoms with E-state index >= 15 is 0 Å². The van der Waals surface area contributed by atoms with Gasteiger partial charge in [0.05, 0.1) is 5.52 Å². The van der Waals surface area contributed by atoms with Crippen LogP contribution in [0, 0.1) is 6.92 Å². The van der Waals surface area contributed by atoms with E-state index in [-0.39, 0.29) is 5.60 Å². The van der Waals surface area contributed by atoms with Gasteiger partial charge >= 0.3 is 0 Å². The number of pyridine rings is 1. The standard InChI is InChI=1S/C20H21NO/c1-14-7-9-15(10-8-14)19-16-6-5-13-21-17(16)11-12-18(19)22-20(2,3)4/h5-13H,1-4H3. The monoisotopic (exact) mass is 291 g/mol. The summed E-state index contributed by atoms with van der Waals surface area (Å²) in [6.07, 6.45) is 1.82. The van der Waals surface area contributed by atoms with E-state index in [1.807, 2.05) is 24.4 Å². The van der Waals surface area contributed by atoms with Gasteiger partial charge in [-0.05, 0) is 51.5 Å². The van der Waals surface area contributed by atoms with Crippen LogP contribution in [0.25, 0.3) is 22.0 Å². The number of rotatable bonds is 2. The van der Waals surface area contributed by atoms with E-state index in [4.69, 9.17) is 4.74 Å². The molecule has 2 heteroatoms. The minimum Gasteiger partial charge on any atom is -0.487 e. The van der Waals surface area contributed by atoms with E-state index in [2.05, 4.69) is 63.0 Å². The van der Waals surface area contributed by atoms with E-state index in [0.717, 1.165) is 27.8 Å². The Bertz CT molecular complexity index is 798. The smallest absolute Gasteiger partial charge is 0.128 e. The van der Waals surface area contributed by atoms with Crippen molar-refractivity contribution in [3.05, 3.63) is 60.3 Å². The first kappa shape index (κ1) is 14.6. The molecular formula is C20H21NO. The van der Waals surface area contributed by atoms with Crippen molar-refractivity contribution in [3.63, 3.8) is 0 Å². The molecule has 3 rings (SSSR count). The van der Waals surface area contributed by atoms with Crippen molar-refractivity contribution >= 4 is 10.9 Å². The molecule has 22 heavy (non-hydrogen) atoms. The van der Waals surface area contributed by atoms with Crippen LogP contribution in [0.4, 0.5) is 0 Å². The summed E-state index contributed by atoms with van der Waals surface area (Å²) < 4.78 is 6.20. The summed E-state index contributed by atoms with van der Waals surface area (Å²) in [5, 5.41) is 1.12. The molecule has 1 heterocycles. The van der Waals surface area contributed by atoms with Crippen molar-refractivity contribution < 1.29 is 4.74 Å². The molecule has 1 aromatic heterocycles. The van der Waals surface area contributed by atoms with Gasteiger partial charge in [0.15, 0.2) is 0 Å². The predicted molar refractivity (Wildman–Crippen MR) is 92.3 cm³/mol. The number of aryl methyl sites for hydroxylation is 1. The maximum Gasteiger partial charge on any atom is 0.128 e. The lowest BCUT2D eigenvalue weighted by atomic mass is 9.98. The Morgan fingerprint density at radius 3 is 2.32 bits per heavy atom. The molecule has 0 fully saturated rings. The molecular weight excluding hydrogens is 270 g/mol. The molecule has 3 aromatic rings. The average Bonchev–Trinajstić information content (AvgIpc) is 2.47. The van der Waals surface area contributed by atoms with Crippen molar-refractivity contribution in [1.82, 2.24) is 4.98 Å². The highest BCUT2D eigenvalue weighted by molar-refractivity contribution is 5.97. The second kappa shape index (κ2) is 5.45. The van der Waals surface area contributed by atoms with E-state index < -0.39 is 0 Å². The Hall–Kier alpha value is -2.35. The third-order valence-electron chi connectivity index (χ3n) is 3.50. The van der Waals surface area contributed by atoms with Crippen LogP contribution in [0.2, 0.25) is 0 Å². The number of ether oxygens (including phenoxy) is 1. The first-order valence-corrected chi connectivity index (χ1v) is 7.58. The molecule has 0 saturated heterocycles. The van der Waals surface area contributed by atoms with Gasteiger partial charge in [-0.15, -0.1) is 0 Å². The summed E-state index contributed by atoms with van der Waals surface area (Å²) in [7, 11) is 0. The van der Waals surface area contributed by atoms with E-state index in [0.29, 0.717) is 0 Å². The lowest BCUT2D eigenvalue weighted by Crippen LogP contribution is -2.23. The van der Waals surface area contributed by atoms with Crippen LogP contribution in [0.3, 0.4) is 0 Å². The zero-order valence-electron chi connectivity index (χ0n) is 13.6. The summed E-state index contributed by atoms with van der Waals surface area (Å²) in [5.41, 5.74) is 4.26. The lowest BCUT2D eigenvalue weighted by Gasteiger charge is -2.24. The van der Waals surface area contributed by atoms with Crippen LogP contribution < -0.4 is 4.74 Å². The minimum atomic E-state index is -0.241. The molecule has 0 saturated carbocycles. The van der Waals surface area contributed by atoms with Gasteiger partial charge in [-0.1, -0.05) is 35.9 Å². The lowest BCUT2D eigenvalue weighted by molar-refractivity contribution is 0.132. The van der Waals surface area contributed by atoms with Crippen LogP contribution >= 0.6 is 0 Å². The highest BCUT2D eigenvalue weighted by Gasteiger charge is 2.17. The van der Waals surface area contributed by atoms with Crippen LogP contribution in [0.15, 0.2) is 54.7 Å². The van der Waals surface area contributed by atoms with Crippen molar-refractivity contribution in [2.45, 2.75) is 33.3 Å². The summed E-state index contributed by atoms with van der Waals surface area (Å²) in [5.74, 6) is 0.900. The third kappa shape index (κ3) is 2.96. The molecule has 2 nitrogen and oxygen atoms in total. The van der Waals surface area contributed by atoms with E-state index in [1.165, 1.54) is 5.56 Å². The van der Waals surface area contributed by atoms with Crippen LogP contribution in [0.1, 0.15) is 26.3 Å². The molecule has 2 aromatic carbocycles. The molecule has 0 aliphatic carbocycles. The van der Waals surface area contributed by atoms with Crippen LogP contribution in [0.5, 0.6) is 5.75 Å².